The number of hydrogen-bond acceptors (Lipinski definition) is 8. The molecule has 0 aliphatic heterocycles. The molecule has 0 heterocycles. The molecule has 0 fully saturated rings. The van der Waals surface area contributed by atoms with Crippen LogP contribution in [0, 0.1) is 0 Å². The molecular weight excluding hydrogens is 449 g/mol. The second kappa shape index (κ2) is 10.8. The number of carbonyl (C=O) groups excluding carboxylic acids is 2. The fraction of sp³-hybridized carbons (Fsp3) is 0.300. The third-order valence-corrected chi connectivity index (χ3v) is 4.79. The first-order valence-corrected chi connectivity index (χ1v) is 9.56. The highest BCUT2D eigenvalue weighted by atomic mass is 35.5. The number of nitrogens with zero attached hydrogens (tertiary/aromatic N) is 2. The average Bonchev–Trinajstić information content (AvgIpc) is 2.75. The van der Waals surface area contributed by atoms with Gasteiger partial charge in [-0.05, 0) is 6.92 Å². The van der Waals surface area contributed by atoms with Crippen molar-refractivity contribution in [3.05, 3.63) is 34.3 Å². The molecule has 9 nitrogen and oxygen atoms in total. The van der Waals surface area contributed by atoms with Gasteiger partial charge in [-0.15, -0.1) is 0 Å². The Morgan fingerprint density at radius 3 is 2.06 bits per heavy atom. The molecule has 1 unspecified atom stereocenters. The van der Waals surface area contributed by atoms with E-state index in [2.05, 4.69) is 15.5 Å². The van der Waals surface area contributed by atoms with Crippen molar-refractivity contribution < 1.29 is 28.5 Å². The van der Waals surface area contributed by atoms with Gasteiger partial charge in [0, 0.05) is 24.3 Å². The molecule has 31 heavy (non-hydrogen) atoms. The van der Waals surface area contributed by atoms with Crippen LogP contribution in [0.5, 0.6) is 23.0 Å². The Morgan fingerprint density at radius 2 is 1.52 bits per heavy atom. The number of hydrogen-bond donors (Lipinski definition) is 1. The van der Waals surface area contributed by atoms with Gasteiger partial charge in [-0.1, -0.05) is 23.2 Å². The Kier molecular flexibility index (Phi) is 8.47. The molecule has 0 bridgehead atoms. The van der Waals surface area contributed by atoms with Crippen LogP contribution < -0.4 is 24.3 Å². The third-order valence-electron chi connectivity index (χ3n) is 4.09. The van der Waals surface area contributed by atoms with Crippen LogP contribution in [0.25, 0.3) is 0 Å². The number of amides is 1. The molecule has 0 spiro atoms. The molecule has 0 aliphatic rings. The first-order valence-electron chi connectivity index (χ1n) is 8.80. The number of anilines is 1. The molecule has 0 aliphatic carbocycles. The van der Waals surface area contributed by atoms with Gasteiger partial charge >= 0.3 is 0 Å². The summed E-state index contributed by atoms with van der Waals surface area (Å²) in [6, 6.07) is 4.56. The van der Waals surface area contributed by atoms with E-state index in [1.54, 1.807) is 6.07 Å². The lowest BCUT2D eigenvalue weighted by Crippen LogP contribution is -2.31. The summed E-state index contributed by atoms with van der Waals surface area (Å²) in [5, 5.41) is 10.7. The number of Topliss-reactive ketones (excluding diaryl/α,β-unsaturated/α-hetero) is 1. The van der Waals surface area contributed by atoms with Crippen molar-refractivity contribution in [1.29, 1.82) is 0 Å². The van der Waals surface area contributed by atoms with Gasteiger partial charge in [-0.3, -0.25) is 9.59 Å². The van der Waals surface area contributed by atoms with E-state index < -0.39 is 17.7 Å². The number of carbonyl (C=O) groups is 2. The predicted molar refractivity (Wildman–Crippen MR) is 117 cm³/mol. The fourth-order valence-electron chi connectivity index (χ4n) is 2.49. The predicted octanol–water partition coefficient (Wildman–Crippen LogP) is 4.71. The van der Waals surface area contributed by atoms with Gasteiger partial charge in [-0.2, -0.15) is 10.2 Å². The zero-order valence-corrected chi connectivity index (χ0v) is 19.0. The highest BCUT2D eigenvalue weighted by Gasteiger charge is 2.25. The van der Waals surface area contributed by atoms with Crippen molar-refractivity contribution in [1.82, 2.24) is 0 Å². The Labute approximate surface area is 189 Å². The molecule has 1 N–H and O–H groups in total. The van der Waals surface area contributed by atoms with E-state index in [0.717, 1.165) is 0 Å². The number of benzene rings is 2. The maximum absolute atomic E-state index is 12.7. The molecule has 166 valence electrons. The standard InChI is InChI=1S/C20H21Cl2N3O6/c1-10(26)19(25-24-14-6-11(28-2)7-17(31-5)18(14)22)20(27)23-13-9-16(30-4)15(29-3)8-12(13)21/h6-9,19H,1-5H3,(H,23,27). The number of azo groups is 1. The molecule has 1 atom stereocenters. The van der Waals surface area contributed by atoms with E-state index in [-0.39, 0.29) is 21.4 Å². The van der Waals surface area contributed by atoms with E-state index in [1.807, 2.05) is 0 Å². The molecule has 2 rings (SSSR count). The molecule has 0 saturated heterocycles. The lowest BCUT2D eigenvalue weighted by atomic mass is 10.2. The van der Waals surface area contributed by atoms with Crippen molar-refractivity contribution in [3.63, 3.8) is 0 Å². The topological polar surface area (TPSA) is 108 Å². The largest absolute Gasteiger partial charge is 0.497 e. The highest BCUT2D eigenvalue weighted by Crippen LogP contribution is 2.39. The molecule has 2 aromatic carbocycles. The van der Waals surface area contributed by atoms with Crippen molar-refractivity contribution in [3.8, 4) is 23.0 Å². The van der Waals surface area contributed by atoms with Gasteiger partial charge in [-0.25, -0.2) is 0 Å². The molecule has 0 aromatic heterocycles. The second-order valence-corrected chi connectivity index (χ2v) is 6.85. The van der Waals surface area contributed by atoms with Crippen LogP contribution in [0.1, 0.15) is 6.92 Å². The quantitative estimate of drug-likeness (QED) is 0.420. The molecule has 0 saturated carbocycles. The summed E-state index contributed by atoms with van der Waals surface area (Å²) in [7, 11) is 5.79. The van der Waals surface area contributed by atoms with Crippen molar-refractivity contribution >= 4 is 46.3 Å². The van der Waals surface area contributed by atoms with Gasteiger partial charge in [0.15, 0.2) is 17.3 Å². The summed E-state index contributed by atoms with van der Waals surface area (Å²) < 4.78 is 20.7. The summed E-state index contributed by atoms with van der Waals surface area (Å²) >= 11 is 12.4. The lowest BCUT2D eigenvalue weighted by Gasteiger charge is -2.14. The fourth-order valence-corrected chi connectivity index (χ4v) is 2.91. The van der Waals surface area contributed by atoms with Gasteiger partial charge in [0.2, 0.25) is 6.04 Å². The van der Waals surface area contributed by atoms with E-state index in [4.69, 9.17) is 42.1 Å². The van der Waals surface area contributed by atoms with Gasteiger partial charge in [0.05, 0.1) is 39.1 Å². The van der Waals surface area contributed by atoms with Gasteiger partial charge in [0.1, 0.15) is 22.2 Å². The summed E-state index contributed by atoms with van der Waals surface area (Å²) in [6.45, 7) is 1.22. The first-order chi connectivity index (χ1) is 14.7. The zero-order valence-electron chi connectivity index (χ0n) is 17.5. The van der Waals surface area contributed by atoms with Crippen LogP contribution in [-0.4, -0.2) is 46.2 Å². The van der Waals surface area contributed by atoms with Gasteiger partial charge in [0.25, 0.3) is 5.91 Å². The zero-order chi connectivity index (χ0) is 23.1. The van der Waals surface area contributed by atoms with Crippen molar-refractivity contribution in [2.75, 3.05) is 33.8 Å². The van der Waals surface area contributed by atoms with Crippen LogP contribution in [0.4, 0.5) is 11.4 Å². The highest BCUT2D eigenvalue weighted by molar-refractivity contribution is 6.34. The Bertz CT molecular complexity index is 1010. The van der Waals surface area contributed by atoms with E-state index in [0.29, 0.717) is 23.0 Å². The molecule has 0 radical (unpaired) electrons. The van der Waals surface area contributed by atoms with E-state index in [1.165, 1.54) is 53.6 Å². The molecule has 11 heteroatoms. The van der Waals surface area contributed by atoms with Gasteiger partial charge < -0.3 is 24.3 Å². The normalized spacial score (nSPS) is 11.7. The Hall–Kier alpha value is -3.04. The van der Waals surface area contributed by atoms with Crippen LogP contribution in [-0.2, 0) is 9.59 Å². The summed E-state index contributed by atoms with van der Waals surface area (Å²) in [5.41, 5.74) is 0.382. The lowest BCUT2D eigenvalue weighted by molar-refractivity contribution is -0.126. The third kappa shape index (κ3) is 5.77. The molecule has 2 aromatic rings. The van der Waals surface area contributed by atoms with Crippen LogP contribution in [0.2, 0.25) is 10.0 Å². The number of ketones is 1. The van der Waals surface area contributed by atoms with E-state index >= 15 is 0 Å². The number of halogens is 2. The van der Waals surface area contributed by atoms with Crippen LogP contribution >= 0.6 is 23.2 Å². The molecular formula is C20H21Cl2N3O6. The minimum Gasteiger partial charge on any atom is -0.497 e. The van der Waals surface area contributed by atoms with Crippen LogP contribution in [0.3, 0.4) is 0 Å². The van der Waals surface area contributed by atoms with Crippen LogP contribution in [0.15, 0.2) is 34.5 Å². The number of nitrogens with one attached hydrogen (secondary N) is 1. The number of rotatable bonds is 9. The van der Waals surface area contributed by atoms with Crippen molar-refractivity contribution in [2.24, 2.45) is 10.2 Å². The first kappa shape index (κ1) is 24.2. The summed E-state index contributed by atoms with van der Waals surface area (Å²) in [6.07, 6.45) is 0. The Balaban J connectivity index is 2.33. The maximum atomic E-state index is 12.7. The summed E-state index contributed by atoms with van der Waals surface area (Å²) in [5.74, 6) is 0.167. The maximum Gasteiger partial charge on any atom is 0.258 e. The number of ether oxygens (including phenoxy) is 4. The minimum absolute atomic E-state index is 0.151. The summed E-state index contributed by atoms with van der Waals surface area (Å²) in [4.78, 5) is 24.8. The van der Waals surface area contributed by atoms with E-state index in [9.17, 15) is 9.59 Å². The average molecular weight is 470 g/mol. The number of methoxy groups -OCH3 is 4. The van der Waals surface area contributed by atoms with Crippen molar-refractivity contribution in [2.45, 2.75) is 13.0 Å². The second-order valence-electron chi connectivity index (χ2n) is 6.07. The minimum atomic E-state index is -1.45. The molecule has 1 amide bonds. The monoisotopic (exact) mass is 469 g/mol. The smallest absolute Gasteiger partial charge is 0.258 e. The SMILES string of the molecule is COc1cc(N=NC(C(C)=O)C(=O)Nc2cc(OC)c(OC)cc2Cl)c(Cl)c(OC)c1. The Morgan fingerprint density at radius 1 is 0.903 bits per heavy atom.